The van der Waals surface area contributed by atoms with Crippen LogP contribution in [0.2, 0.25) is 0 Å². The highest BCUT2D eigenvalue weighted by atomic mass is 127. The van der Waals surface area contributed by atoms with Crippen LogP contribution in [-0.2, 0) is 4.74 Å². The Morgan fingerprint density at radius 2 is 1.58 bits per heavy atom. The van der Waals surface area contributed by atoms with E-state index in [0.29, 0.717) is 56.1 Å². The lowest BCUT2D eigenvalue weighted by Gasteiger charge is -2.19. The Morgan fingerprint density at radius 3 is 2.15 bits per heavy atom. The third kappa shape index (κ3) is 9.56. The molecular weight excluding hydrogens is 537 g/mol. The molecule has 0 unspecified atom stereocenters. The molecule has 1 aliphatic heterocycles. The molecule has 1 aromatic carbocycles. The van der Waals surface area contributed by atoms with Crippen LogP contribution >= 0.6 is 24.0 Å². The zero-order chi connectivity index (χ0) is 23.6. The maximum atomic E-state index is 12.4. The zero-order valence-corrected chi connectivity index (χ0v) is 22.2. The normalized spacial score (nSPS) is 13.3. The molecule has 0 spiro atoms. The van der Waals surface area contributed by atoms with Gasteiger partial charge in [-0.1, -0.05) is 12.1 Å². The van der Waals surface area contributed by atoms with Gasteiger partial charge in [0.05, 0.1) is 11.1 Å². The van der Waals surface area contributed by atoms with E-state index < -0.39 is 11.7 Å². The number of ether oxygens (including phenoxy) is 1. The number of alkyl carbamates (subject to hydrolysis) is 1. The number of fused-ring (bicyclic) bond motifs is 1. The van der Waals surface area contributed by atoms with Crippen molar-refractivity contribution < 1.29 is 19.1 Å². The molecular formula is C23H36IN5O4. The Hall–Kier alpha value is -2.37. The zero-order valence-electron chi connectivity index (χ0n) is 19.9. The van der Waals surface area contributed by atoms with E-state index in [9.17, 15) is 14.4 Å². The molecule has 0 saturated carbocycles. The van der Waals surface area contributed by atoms with E-state index in [0.717, 1.165) is 13.0 Å². The highest BCUT2D eigenvalue weighted by Crippen LogP contribution is 2.22. The van der Waals surface area contributed by atoms with Gasteiger partial charge in [0.1, 0.15) is 5.60 Å². The molecule has 0 bridgehead atoms. The predicted octanol–water partition coefficient (Wildman–Crippen LogP) is 3.15. The number of rotatable bonds is 10. The summed E-state index contributed by atoms with van der Waals surface area (Å²) in [7, 11) is 0. The smallest absolute Gasteiger partial charge is 0.407 e. The molecule has 0 aliphatic carbocycles. The van der Waals surface area contributed by atoms with Crippen LogP contribution in [0.1, 0.15) is 67.7 Å². The van der Waals surface area contributed by atoms with Gasteiger partial charge in [-0.3, -0.25) is 19.5 Å². The molecule has 2 rings (SSSR count). The minimum Gasteiger partial charge on any atom is -0.444 e. The Balaban J connectivity index is 0.00000544. The lowest BCUT2D eigenvalue weighted by Crippen LogP contribution is -2.38. The van der Waals surface area contributed by atoms with Gasteiger partial charge in [-0.15, -0.1) is 24.0 Å². The van der Waals surface area contributed by atoms with E-state index in [2.05, 4.69) is 20.9 Å². The molecule has 0 aromatic heterocycles. The molecule has 33 heavy (non-hydrogen) atoms. The first-order valence-corrected chi connectivity index (χ1v) is 11.2. The number of halogens is 1. The summed E-state index contributed by atoms with van der Waals surface area (Å²) in [6.07, 6.45) is 1.76. The minimum absolute atomic E-state index is 0. The van der Waals surface area contributed by atoms with Crippen molar-refractivity contribution in [2.75, 3.05) is 32.7 Å². The maximum absolute atomic E-state index is 12.4. The molecule has 0 atom stereocenters. The van der Waals surface area contributed by atoms with Crippen molar-refractivity contribution in [1.29, 1.82) is 0 Å². The molecule has 3 N–H and O–H groups in total. The number of hydrogen-bond donors (Lipinski definition) is 3. The summed E-state index contributed by atoms with van der Waals surface area (Å²) in [5.41, 5.74) is 0.459. The molecule has 0 fully saturated rings. The fraction of sp³-hybridized carbons (Fsp3) is 0.565. The minimum atomic E-state index is -0.510. The van der Waals surface area contributed by atoms with Gasteiger partial charge in [0.2, 0.25) is 0 Å². The highest BCUT2D eigenvalue weighted by molar-refractivity contribution is 14.0. The van der Waals surface area contributed by atoms with Crippen LogP contribution in [0.5, 0.6) is 0 Å². The van der Waals surface area contributed by atoms with Crippen molar-refractivity contribution in [2.45, 2.75) is 52.6 Å². The van der Waals surface area contributed by atoms with Gasteiger partial charge in [-0.2, -0.15) is 0 Å². The van der Waals surface area contributed by atoms with Crippen LogP contribution < -0.4 is 16.0 Å². The summed E-state index contributed by atoms with van der Waals surface area (Å²) in [4.78, 5) is 42.2. The number of nitrogens with zero attached hydrogens (tertiary/aromatic N) is 2. The van der Waals surface area contributed by atoms with E-state index in [4.69, 9.17) is 4.74 Å². The van der Waals surface area contributed by atoms with E-state index in [1.807, 2.05) is 27.7 Å². The molecule has 184 valence electrons. The average molecular weight is 573 g/mol. The number of carbonyl (C=O) groups excluding carboxylic acids is 3. The van der Waals surface area contributed by atoms with Crippen molar-refractivity contribution in [3.8, 4) is 0 Å². The Morgan fingerprint density at radius 1 is 0.970 bits per heavy atom. The third-order valence-electron chi connectivity index (χ3n) is 4.60. The number of hydrogen-bond acceptors (Lipinski definition) is 5. The third-order valence-corrected chi connectivity index (χ3v) is 4.60. The molecule has 0 radical (unpaired) electrons. The monoisotopic (exact) mass is 573 g/mol. The number of carbonyl (C=O) groups is 3. The summed E-state index contributed by atoms with van der Waals surface area (Å²) < 4.78 is 5.19. The molecule has 3 amide bonds. The lowest BCUT2D eigenvalue weighted by atomic mass is 10.1. The fourth-order valence-corrected chi connectivity index (χ4v) is 3.16. The second-order valence-corrected chi connectivity index (χ2v) is 8.48. The van der Waals surface area contributed by atoms with Crippen LogP contribution in [0.3, 0.4) is 0 Å². The van der Waals surface area contributed by atoms with E-state index in [-0.39, 0.29) is 35.8 Å². The fourth-order valence-electron chi connectivity index (χ4n) is 3.16. The summed E-state index contributed by atoms with van der Waals surface area (Å²) in [6.45, 7) is 10.3. The summed E-state index contributed by atoms with van der Waals surface area (Å²) in [6, 6.07) is 6.93. The van der Waals surface area contributed by atoms with Gasteiger partial charge < -0.3 is 20.7 Å². The Bertz CT molecular complexity index is 803. The van der Waals surface area contributed by atoms with E-state index in [1.165, 1.54) is 4.90 Å². The second kappa shape index (κ2) is 14.0. The van der Waals surface area contributed by atoms with Crippen molar-refractivity contribution in [3.05, 3.63) is 35.4 Å². The average Bonchev–Trinajstić information content (AvgIpc) is 2.97. The van der Waals surface area contributed by atoms with Gasteiger partial charge in [0.15, 0.2) is 5.96 Å². The van der Waals surface area contributed by atoms with Crippen molar-refractivity contribution in [2.24, 2.45) is 4.99 Å². The van der Waals surface area contributed by atoms with E-state index in [1.54, 1.807) is 24.3 Å². The van der Waals surface area contributed by atoms with Crippen molar-refractivity contribution >= 4 is 47.8 Å². The first kappa shape index (κ1) is 28.7. The number of nitrogens with one attached hydrogen (secondary N) is 3. The number of amides is 3. The lowest BCUT2D eigenvalue weighted by molar-refractivity contribution is 0.0526. The number of unbranched alkanes of at least 4 members (excludes halogenated alkanes) is 1. The molecule has 1 aliphatic rings. The molecule has 1 heterocycles. The van der Waals surface area contributed by atoms with Crippen LogP contribution in [0.25, 0.3) is 0 Å². The quantitative estimate of drug-likeness (QED) is 0.130. The van der Waals surface area contributed by atoms with Gasteiger partial charge in [0, 0.05) is 32.7 Å². The van der Waals surface area contributed by atoms with Gasteiger partial charge >= 0.3 is 6.09 Å². The Kier molecular flexibility index (Phi) is 12.2. The largest absolute Gasteiger partial charge is 0.444 e. The van der Waals surface area contributed by atoms with Crippen molar-refractivity contribution in [1.82, 2.24) is 20.9 Å². The summed E-state index contributed by atoms with van der Waals surface area (Å²) in [5, 5.41) is 9.15. The van der Waals surface area contributed by atoms with Crippen molar-refractivity contribution in [3.63, 3.8) is 0 Å². The highest BCUT2D eigenvalue weighted by Gasteiger charge is 2.34. The number of benzene rings is 1. The molecule has 0 saturated heterocycles. The maximum Gasteiger partial charge on any atom is 0.407 e. The van der Waals surface area contributed by atoms with Crippen LogP contribution in [0, 0.1) is 0 Å². The topological polar surface area (TPSA) is 112 Å². The first-order valence-electron chi connectivity index (χ1n) is 11.2. The predicted molar refractivity (Wildman–Crippen MR) is 139 cm³/mol. The number of imide groups is 1. The molecule has 1 aromatic rings. The molecule has 10 heteroatoms. The number of aliphatic imine (C=N–C) groups is 1. The van der Waals surface area contributed by atoms with Gasteiger partial charge in [0.25, 0.3) is 11.8 Å². The SMILES string of the molecule is CCNC(=NCCCNC(=O)OC(C)(C)C)NCCCCN1C(=O)c2ccccc2C1=O.I. The van der Waals surface area contributed by atoms with E-state index >= 15 is 0 Å². The van der Waals surface area contributed by atoms with Crippen LogP contribution in [0.15, 0.2) is 29.3 Å². The Labute approximate surface area is 213 Å². The van der Waals surface area contributed by atoms with Gasteiger partial charge in [-0.05, 0) is 59.1 Å². The van der Waals surface area contributed by atoms with Crippen LogP contribution in [-0.4, -0.2) is 67.1 Å². The summed E-state index contributed by atoms with van der Waals surface area (Å²) >= 11 is 0. The first-order chi connectivity index (χ1) is 15.2. The van der Waals surface area contributed by atoms with Crippen LogP contribution in [0.4, 0.5) is 4.79 Å². The standard InChI is InChI=1S/C23H35N5O4.HI/c1-5-24-21(26-14-10-15-27-22(31)32-23(2,3)4)25-13-8-9-16-28-19(29)17-11-6-7-12-18(17)20(28)30;/h6-7,11-12H,5,8-10,13-16H2,1-4H3,(H,27,31)(H2,24,25,26);1H. The summed E-state index contributed by atoms with van der Waals surface area (Å²) in [5.74, 6) is 0.271. The number of guanidine groups is 1. The molecule has 9 nitrogen and oxygen atoms in total. The van der Waals surface area contributed by atoms with Gasteiger partial charge in [-0.25, -0.2) is 4.79 Å². The second-order valence-electron chi connectivity index (χ2n) is 8.48.